The van der Waals surface area contributed by atoms with E-state index >= 15 is 0 Å². The van der Waals surface area contributed by atoms with E-state index < -0.39 is 17.7 Å². The maximum Gasteiger partial charge on any atom is 0.337 e. The molecule has 10 heteroatoms. The highest BCUT2D eigenvalue weighted by Crippen LogP contribution is 2.45. The number of carboxylic acid groups (broad SMARTS) is 1. The van der Waals surface area contributed by atoms with Crippen molar-refractivity contribution in [2.24, 2.45) is 5.41 Å². The van der Waals surface area contributed by atoms with Gasteiger partial charge in [-0.25, -0.2) is 14.2 Å². The molecule has 258 valence electrons. The molecule has 0 saturated carbocycles. The minimum atomic E-state index is -1.15. The zero-order valence-corrected chi connectivity index (χ0v) is 29.5. The average Bonchev–Trinajstić information content (AvgIpc) is 3.03. The van der Waals surface area contributed by atoms with Crippen molar-refractivity contribution in [3.63, 3.8) is 0 Å². The summed E-state index contributed by atoms with van der Waals surface area (Å²) in [6, 6.07) is 8.44. The molecular formula is C38H50FN5O4. The van der Waals surface area contributed by atoms with Crippen molar-refractivity contribution >= 4 is 23.2 Å². The maximum absolute atomic E-state index is 14.8. The molecule has 48 heavy (non-hydrogen) atoms. The van der Waals surface area contributed by atoms with E-state index in [-0.39, 0.29) is 11.2 Å². The number of fused-ring (bicyclic) bond motifs is 1. The summed E-state index contributed by atoms with van der Waals surface area (Å²) >= 11 is 0. The van der Waals surface area contributed by atoms with Crippen LogP contribution in [0.5, 0.6) is 0 Å². The number of aryl methyl sites for hydroxylation is 2. The van der Waals surface area contributed by atoms with E-state index in [2.05, 4.69) is 46.8 Å². The maximum atomic E-state index is 14.8. The lowest BCUT2D eigenvalue weighted by Gasteiger charge is -2.41. The number of piperidine rings is 1. The van der Waals surface area contributed by atoms with Crippen molar-refractivity contribution in [1.82, 2.24) is 9.97 Å². The van der Waals surface area contributed by atoms with Crippen molar-refractivity contribution < 1.29 is 23.8 Å². The molecule has 3 aliphatic rings. The zero-order chi connectivity index (χ0) is 34.4. The van der Waals surface area contributed by atoms with E-state index in [0.29, 0.717) is 49.8 Å². The minimum Gasteiger partial charge on any atom is -0.479 e. The third kappa shape index (κ3) is 7.15. The van der Waals surface area contributed by atoms with E-state index in [9.17, 15) is 14.3 Å². The number of pyridine rings is 2. The van der Waals surface area contributed by atoms with E-state index in [1.165, 1.54) is 17.3 Å². The smallest absolute Gasteiger partial charge is 0.337 e. The van der Waals surface area contributed by atoms with E-state index in [1.54, 1.807) is 0 Å². The van der Waals surface area contributed by atoms with Gasteiger partial charge in [-0.05, 0) is 76.0 Å². The second-order valence-electron chi connectivity index (χ2n) is 15.3. The number of hydrogen-bond acceptors (Lipinski definition) is 8. The van der Waals surface area contributed by atoms with E-state index in [0.717, 1.165) is 67.2 Å². The summed E-state index contributed by atoms with van der Waals surface area (Å²) in [6.07, 6.45) is 3.00. The second-order valence-corrected chi connectivity index (χ2v) is 15.3. The van der Waals surface area contributed by atoms with Crippen LogP contribution in [0.15, 0.2) is 30.5 Å². The van der Waals surface area contributed by atoms with Crippen LogP contribution in [-0.2, 0) is 27.2 Å². The fourth-order valence-corrected chi connectivity index (χ4v) is 7.30. The van der Waals surface area contributed by atoms with Crippen molar-refractivity contribution in [2.45, 2.75) is 86.0 Å². The van der Waals surface area contributed by atoms with Gasteiger partial charge >= 0.3 is 5.97 Å². The number of benzene rings is 1. The Morgan fingerprint density at radius 3 is 2.35 bits per heavy atom. The molecule has 3 aromatic rings. The van der Waals surface area contributed by atoms with Gasteiger partial charge < -0.3 is 29.3 Å². The Morgan fingerprint density at radius 2 is 1.69 bits per heavy atom. The van der Waals surface area contributed by atoms with Crippen molar-refractivity contribution in [3.05, 3.63) is 64.4 Å². The largest absolute Gasteiger partial charge is 0.479 e. The van der Waals surface area contributed by atoms with Gasteiger partial charge in [0.25, 0.3) is 0 Å². The summed E-state index contributed by atoms with van der Waals surface area (Å²) in [7, 11) is 0. The number of carbonyl (C=O) groups is 1. The number of nitrogens with zero attached hydrogens (tertiary/aromatic N) is 5. The van der Waals surface area contributed by atoms with Crippen LogP contribution in [0.2, 0.25) is 0 Å². The van der Waals surface area contributed by atoms with Gasteiger partial charge in [-0.3, -0.25) is 4.98 Å². The highest BCUT2D eigenvalue weighted by atomic mass is 19.1. The molecule has 0 aliphatic carbocycles. The number of ether oxygens (including phenoxy) is 2. The molecule has 0 amide bonds. The van der Waals surface area contributed by atoms with Gasteiger partial charge in [-0.1, -0.05) is 32.0 Å². The number of hydrogen-bond donors (Lipinski definition) is 1. The predicted molar refractivity (Wildman–Crippen MR) is 188 cm³/mol. The first-order valence-corrected chi connectivity index (χ1v) is 17.2. The van der Waals surface area contributed by atoms with Gasteiger partial charge in [0.2, 0.25) is 0 Å². The number of halogens is 1. The minimum absolute atomic E-state index is 0.224. The lowest BCUT2D eigenvalue weighted by atomic mass is 9.81. The fraction of sp³-hybridized carbons (Fsp3) is 0.553. The number of rotatable bonds is 7. The van der Waals surface area contributed by atoms with Crippen LogP contribution in [0, 0.1) is 25.1 Å². The first kappa shape index (κ1) is 34.1. The summed E-state index contributed by atoms with van der Waals surface area (Å²) in [5.41, 5.74) is 7.70. The van der Waals surface area contributed by atoms with E-state index in [1.807, 2.05) is 45.6 Å². The molecule has 0 radical (unpaired) electrons. The normalized spacial score (nSPS) is 18.9. The van der Waals surface area contributed by atoms with Crippen LogP contribution in [0.3, 0.4) is 0 Å². The molecule has 9 nitrogen and oxygen atoms in total. The Bertz CT molecular complexity index is 1670. The van der Waals surface area contributed by atoms with Crippen LogP contribution < -0.4 is 14.7 Å². The number of morpholine rings is 1. The quantitative estimate of drug-likeness (QED) is 0.292. The Kier molecular flexibility index (Phi) is 9.43. The number of aliphatic carboxylic acids is 1. The predicted octanol–water partition coefficient (Wildman–Crippen LogP) is 6.87. The van der Waals surface area contributed by atoms with Crippen molar-refractivity contribution in [3.8, 4) is 11.1 Å². The molecule has 2 aromatic heterocycles. The third-order valence-corrected chi connectivity index (χ3v) is 9.97. The number of aromatic nitrogens is 2. The Labute approximate surface area is 284 Å². The van der Waals surface area contributed by atoms with Crippen LogP contribution >= 0.6 is 0 Å². The fourth-order valence-electron chi connectivity index (χ4n) is 7.30. The summed E-state index contributed by atoms with van der Waals surface area (Å²) in [6.45, 7) is 19.8. The van der Waals surface area contributed by atoms with Gasteiger partial charge in [-0.2, -0.15) is 0 Å². The lowest BCUT2D eigenvalue weighted by molar-refractivity contribution is -0.160. The molecule has 2 fully saturated rings. The summed E-state index contributed by atoms with van der Waals surface area (Å²) < 4.78 is 26.5. The molecular weight excluding hydrogens is 609 g/mol. The van der Waals surface area contributed by atoms with Gasteiger partial charge in [-0.15, -0.1) is 0 Å². The zero-order valence-electron chi connectivity index (χ0n) is 29.5. The highest BCUT2D eigenvalue weighted by molar-refractivity contribution is 5.88. The number of anilines is 3. The summed E-state index contributed by atoms with van der Waals surface area (Å²) in [5.74, 6) is -0.556. The van der Waals surface area contributed by atoms with Gasteiger partial charge in [0.05, 0.1) is 36.4 Å². The molecule has 1 N–H and O–H groups in total. The van der Waals surface area contributed by atoms with Crippen molar-refractivity contribution in [2.75, 3.05) is 60.6 Å². The Hall–Kier alpha value is -3.76. The Morgan fingerprint density at radius 1 is 0.979 bits per heavy atom. The first-order chi connectivity index (χ1) is 22.7. The molecule has 6 rings (SSSR count). The Balaban J connectivity index is 1.38. The van der Waals surface area contributed by atoms with Crippen LogP contribution in [0.1, 0.15) is 81.6 Å². The molecule has 0 bridgehead atoms. The average molecular weight is 660 g/mol. The summed E-state index contributed by atoms with van der Waals surface area (Å²) in [4.78, 5) is 28.9. The second kappa shape index (κ2) is 13.3. The van der Waals surface area contributed by atoms with Gasteiger partial charge in [0.1, 0.15) is 5.82 Å². The molecule has 5 heterocycles. The topological polar surface area (TPSA) is 91.3 Å². The molecule has 2 saturated heterocycles. The monoisotopic (exact) mass is 659 g/mol. The van der Waals surface area contributed by atoms with Crippen molar-refractivity contribution in [1.29, 1.82) is 0 Å². The molecule has 0 unspecified atom stereocenters. The lowest BCUT2D eigenvalue weighted by Crippen LogP contribution is -2.39. The first-order valence-electron chi connectivity index (χ1n) is 17.2. The molecule has 1 atom stereocenters. The van der Waals surface area contributed by atoms with Crippen LogP contribution in [0.25, 0.3) is 11.1 Å². The standard InChI is InChI=1S/C38H50FN5O4/c1-24-32(34(43-14-11-38(6,7)12-15-43)33(25(2)41-24)35(36(45)46)48-37(3,4)5)27-8-9-28-23-44(13-10-26(28)20-27)31-21-30(29(39)22-40-31)42-16-18-47-19-17-42/h8-9,20-22,35H,10-19,23H2,1-7H3,(H,45,46)/t35-/m0/s1. The number of carboxylic acids is 1. The van der Waals surface area contributed by atoms with Crippen LogP contribution in [0.4, 0.5) is 21.6 Å². The molecule has 0 spiro atoms. The SMILES string of the molecule is Cc1nc(C)c([C@H](OC(C)(C)C)C(=O)O)c(N2CCC(C)(C)CC2)c1-c1ccc2c(c1)CCN(c1cc(N3CCOCC3)c(F)cn1)C2. The summed E-state index contributed by atoms with van der Waals surface area (Å²) in [5, 5.41) is 10.5. The van der Waals surface area contributed by atoms with E-state index in [4.69, 9.17) is 14.5 Å². The molecule has 3 aliphatic heterocycles. The third-order valence-electron chi connectivity index (χ3n) is 9.97. The highest BCUT2D eigenvalue weighted by Gasteiger charge is 2.37. The van der Waals surface area contributed by atoms with Crippen LogP contribution in [-0.4, -0.2) is 72.6 Å². The van der Waals surface area contributed by atoms with Gasteiger partial charge in [0, 0.05) is 67.8 Å². The molecule has 1 aromatic carbocycles. The van der Waals surface area contributed by atoms with Gasteiger partial charge in [0.15, 0.2) is 11.9 Å².